The highest BCUT2D eigenvalue weighted by Gasteiger charge is 2.15. The predicted octanol–water partition coefficient (Wildman–Crippen LogP) is 5.87. The van der Waals surface area contributed by atoms with Crippen LogP contribution in [0.2, 0.25) is 5.02 Å². The van der Waals surface area contributed by atoms with E-state index < -0.39 is 0 Å². The fourth-order valence-corrected chi connectivity index (χ4v) is 5.34. The van der Waals surface area contributed by atoms with Crippen LogP contribution in [0, 0.1) is 0 Å². The third-order valence-corrected chi connectivity index (χ3v) is 7.26. The van der Waals surface area contributed by atoms with Crippen molar-refractivity contribution in [1.82, 2.24) is 9.38 Å². The summed E-state index contributed by atoms with van der Waals surface area (Å²) in [5, 5.41) is 0.388. The summed E-state index contributed by atoms with van der Waals surface area (Å²) in [6.07, 6.45) is 1.79. The maximum atomic E-state index is 13.1. The lowest BCUT2D eigenvalue weighted by atomic mass is 9.87. The Bertz CT molecular complexity index is 1680. The van der Waals surface area contributed by atoms with Crippen molar-refractivity contribution in [2.45, 2.75) is 26.2 Å². The van der Waals surface area contributed by atoms with Gasteiger partial charge in [0.05, 0.1) is 27.7 Å². The molecule has 37 heavy (non-hydrogen) atoms. The second-order valence-electron chi connectivity index (χ2n) is 9.64. The number of fused-ring (bicyclic) bond motifs is 3. The molecule has 0 fully saturated rings. The average Bonchev–Trinajstić information content (AvgIpc) is 3.38. The van der Waals surface area contributed by atoms with Crippen LogP contribution in [0.25, 0.3) is 22.1 Å². The quantitative estimate of drug-likeness (QED) is 0.244. The minimum Gasteiger partial charge on any atom is -0.493 e. The van der Waals surface area contributed by atoms with Gasteiger partial charge < -0.3 is 14.2 Å². The number of hydrogen-bond acceptors (Lipinski definition) is 6. The molecule has 0 radical (unpaired) electrons. The van der Waals surface area contributed by atoms with Gasteiger partial charge in [-0.15, -0.1) is 0 Å². The zero-order chi connectivity index (χ0) is 26.2. The summed E-state index contributed by atoms with van der Waals surface area (Å²) in [7, 11) is 1.56. The van der Waals surface area contributed by atoms with Gasteiger partial charge in [0.1, 0.15) is 19.0 Å². The minimum atomic E-state index is -0.114. The number of benzene rings is 3. The lowest BCUT2D eigenvalue weighted by molar-refractivity contribution is 0.211. The van der Waals surface area contributed by atoms with Gasteiger partial charge in [-0.2, -0.15) is 0 Å². The van der Waals surface area contributed by atoms with E-state index in [1.165, 1.54) is 16.9 Å². The Morgan fingerprint density at radius 2 is 1.76 bits per heavy atom. The van der Waals surface area contributed by atoms with Crippen LogP contribution in [0.4, 0.5) is 0 Å². The van der Waals surface area contributed by atoms with Gasteiger partial charge in [-0.1, -0.05) is 68.0 Å². The Balaban J connectivity index is 1.32. The maximum absolute atomic E-state index is 13.1. The van der Waals surface area contributed by atoms with E-state index in [0.29, 0.717) is 39.2 Å². The Kier molecular flexibility index (Phi) is 6.84. The zero-order valence-electron chi connectivity index (χ0n) is 21.1. The first-order chi connectivity index (χ1) is 17.7. The second-order valence-corrected chi connectivity index (χ2v) is 11.1. The van der Waals surface area contributed by atoms with Gasteiger partial charge in [0.2, 0.25) is 0 Å². The molecule has 2 aromatic heterocycles. The Morgan fingerprint density at radius 3 is 2.49 bits per heavy atom. The molecular formula is C29H27ClN2O4S. The van der Waals surface area contributed by atoms with E-state index in [1.807, 2.05) is 36.4 Å². The number of hydrogen-bond donors (Lipinski definition) is 0. The van der Waals surface area contributed by atoms with Crippen molar-refractivity contribution in [3.8, 4) is 17.2 Å². The molecule has 190 valence electrons. The molecule has 0 aliphatic carbocycles. The fraction of sp³-hybridized carbons (Fsp3) is 0.241. The number of imidazole rings is 1. The summed E-state index contributed by atoms with van der Waals surface area (Å²) in [5.74, 6) is 1.69. The van der Waals surface area contributed by atoms with E-state index in [9.17, 15) is 4.79 Å². The highest BCUT2D eigenvalue weighted by atomic mass is 35.5. The van der Waals surface area contributed by atoms with Crippen LogP contribution in [0.3, 0.4) is 0 Å². The summed E-state index contributed by atoms with van der Waals surface area (Å²) in [4.78, 5) is 18.3. The predicted molar refractivity (Wildman–Crippen MR) is 150 cm³/mol. The van der Waals surface area contributed by atoms with Crippen LogP contribution >= 0.6 is 22.9 Å². The third kappa shape index (κ3) is 5.15. The van der Waals surface area contributed by atoms with Gasteiger partial charge in [-0.3, -0.25) is 4.79 Å². The fourth-order valence-electron chi connectivity index (χ4n) is 4.08. The number of rotatable bonds is 7. The first-order valence-electron chi connectivity index (χ1n) is 11.9. The van der Waals surface area contributed by atoms with Gasteiger partial charge >= 0.3 is 0 Å². The van der Waals surface area contributed by atoms with Crippen LogP contribution in [-0.2, 0) is 5.41 Å². The normalized spacial score (nSPS) is 12.4. The average molecular weight is 535 g/mol. The smallest absolute Gasteiger partial charge is 0.274 e. The molecule has 0 saturated carbocycles. The van der Waals surface area contributed by atoms with Gasteiger partial charge in [-0.25, -0.2) is 9.38 Å². The van der Waals surface area contributed by atoms with E-state index >= 15 is 0 Å². The molecule has 2 heterocycles. The minimum absolute atomic E-state index is 0.0942. The number of halogens is 1. The first kappa shape index (κ1) is 25.1. The van der Waals surface area contributed by atoms with Gasteiger partial charge in [-0.05, 0) is 59.0 Å². The molecule has 0 amide bonds. The molecule has 0 saturated heterocycles. The lowest BCUT2D eigenvalue weighted by Crippen LogP contribution is -2.22. The Labute approximate surface area is 223 Å². The Hall–Kier alpha value is -3.55. The summed E-state index contributed by atoms with van der Waals surface area (Å²) < 4.78 is 19.5. The van der Waals surface area contributed by atoms with E-state index in [2.05, 4.69) is 37.9 Å². The van der Waals surface area contributed by atoms with Crippen LogP contribution in [0.1, 0.15) is 31.9 Å². The van der Waals surface area contributed by atoms with Gasteiger partial charge in [0.15, 0.2) is 16.5 Å². The number of thiazole rings is 1. The van der Waals surface area contributed by atoms with Crippen molar-refractivity contribution in [2.75, 3.05) is 20.3 Å². The highest BCUT2D eigenvalue weighted by Crippen LogP contribution is 2.36. The number of nitrogens with zero attached hydrogens (tertiary/aromatic N) is 2. The van der Waals surface area contributed by atoms with Crippen molar-refractivity contribution in [1.29, 1.82) is 0 Å². The zero-order valence-corrected chi connectivity index (χ0v) is 22.7. The summed E-state index contributed by atoms with van der Waals surface area (Å²) in [6.45, 7) is 7.18. The number of aromatic nitrogens is 2. The third-order valence-electron chi connectivity index (χ3n) is 6.01. The van der Waals surface area contributed by atoms with Crippen molar-refractivity contribution in [3.05, 3.63) is 91.7 Å². The molecule has 0 bridgehead atoms. The highest BCUT2D eigenvalue weighted by molar-refractivity contribution is 7.15. The largest absolute Gasteiger partial charge is 0.493 e. The maximum Gasteiger partial charge on any atom is 0.274 e. The molecule has 0 aliphatic rings. The van der Waals surface area contributed by atoms with E-state index in [1.54, 1.807) is 29.7 Å². The molecule has 0 spiro atoms. The molecule has 3 aromatic carbocycles. The molecule has 0 N–H and O–H groups in total. The molecule has 5 rings (SSSR count). The molecule has 5 aromatic rings. The van der Waals surface area contributed by atoms with Crippen LogP contribution in [-0.4, -0.2) is 29.7 Å². The van der Waals surface area contributed by atoms with Gasteiger partial charge in [0, 0.05) is 0 Å². The number of ether oxygens (including phenoxy) is 3. The van der Waals surface area contributed by atoms with E-state index in [-0.39, 0.29) is 11.0 Å². The van der Waals surface area contributed by atoms with Crippen LogP contribution in [0.15, 0.2) is 65.5 Å². The standard InChI is InChI=1S/C29H27ClN2O4S/c1-29(2,3)19-9-11-20(12-10-19)35-13-14-36-26-21(30)15-18(16-24(26)34-4)17-25-27(33)32-23-8-6-5-7-22(23)31-28(32)37-25/h5-12,15-17H,13-14H2,1-4H3. The monoisotopic (exact) mass is 534 g/mol. The SMILES string of the molecule is COc1cc(C=c2sc3nc4ccccc4n3c2=O)cc(Cl)c1OCCOc1ccc(C(C)(C)C)cc1. The summed E-state index contributed by atoms with van der Waals surface area (Å²) in [5.41, 5.74) is 3.56. The molecule has 0 aliphatic heterocycles. The Morgan fingerprint density at radius 1 is 1.03 bits per heavy atom. The molecule has 0 atom stereocenters. The molecule has 6 nitrogen and oxygen atoms in total. The van der Waals surface area contributed by atoms with E-state index in [0.717, 1.165) is 22.3 Å². The first-order valence-corrected chi connectivity index (χ1v) is 13.1. The lowest BCUT2D eigenvalue weighted by Gasteiger charge is -2.19. The molecule has 8 heteroatoms. The van der Waals surface area contributed by atoms with Gasteiger partial charge in [0.25, 0.3) is 5.56 Å². The van der Waals surface area contributed by atoms with Crippen molar-refractivity contribution >= 4 is 45.0 Å². The second kappa shape index (κ2) is 10.1. The van der Waals surface area contributed by atoms with Crippen LogP contribution in [0.5, 0.6) is 17.2 Å². The number of methoxy groups -OCH3 is 1. The summed E-state index contributed by atoms with van der Waals surface area (Å²) in [6, 6.07) is 19.2. The van der Waals surface area contributed by atoms with Crippen molar-refractivity contribution in [2.24, 2.45) is 0 Å². The topological polar surface area (TPSA) is 62.1 Å². The van der Waals surface area contributed by atoms with E-state index in [4.69, 9.17) is 25.8 Å². The molecule has 0 unspecified atom stereocenters. The van der Waals surface area contributed by atoms with Crippen LogP contribution < -0.4 is 24.3 Å². The van der Waals surface area contributed by atoms with Crippen molar-refractivity contribution in [3.63, 3.8) is 0 Å². The summed E-state index contributed by atoms with van der Waals surface area (Å²) >= 11 is 7.89. The number of para-hydroxylation sites is 2. The van der Waals surface area contributed by atoms with Crippen molar-refractivity contribution < 1.29 is 14.2 Å². The molecular weight excluding hydrogens is 508 g/mol.